The zero-order valence-electron chi connectivity index (χ0n) is 22.0. The maximum atomic E-state index is 2.40. The van der Waals surface area contributed by atoms with Gasteiger partial charge in [-0.05, 0) is 101 Å². The predicted molar refractivity (Wildman–Crippen MR) is 173 cm³/mol. The van der Waals surface area contributed by atoms with E-state index in [1.54, 1.807) is 0 Å². The van der Waals surface area contributed by atoms with E-state index in [9.17, 15) is 0 Å². The SMILES string of the molecule is c1ccc(-c2cc3cc4ccccc4cc3c(-c3ccc4ccccc4c3)c2-c2cccc3ccccc23)cc1. The molecule has 8 aromatic carbocycles. The fraction of sp³-hybridized carbons (Fsp3) is 0. The van der Waals surface area contributed by atoms with E-state index >= 15 is 0 Å². The summed E-state index contributed by atoms with van der Waals surface area (Å²) in [4.78, 5) is 0. The zero-order chi connectivity index (χ0) is 26.5. The highest BCUT2D eigenvalue weighted by atomic mass is 14.2. The molecule has 186 valence electrons. The van der Waals surface area contributed by atoms with E-state index in [1.807, 2.05) is 0 Å². The van der Waals surface area contributed by atoms with Crippen molar-refractivity contribution in [2.75, 3.05) is 0 Å². The topological polar surface area (TPSA) is 0 Å². The standard InChI is InChI=1S/C40H26/c1-2-12-29(13-3-1)37-26-34-24-31-16-6-7-17-32(31)25-38(34)39(33-22-21-27-11-4-5-15-30(27)23-33)40(37)36-20-10-18-28-14-8-9-19-35(28)36/h1-26H. The van der Waals surface area contributed by atoms with Crippen LogP contribution in [0.3, 0.4) is 0 Å². The molecular formula is C40H26. The van der Waals surface area contributed by atoms with Gasteiger partial charge in [-0.2, -0.15) is 0 Å². The molecule has 40 heavy (non-hydrogen) atoms. The molecular weight excluding hydrogens is 480 g/mol. The van der Waals surface area contributed by atoms with Crippen LogP contribution in [0.5, 0.6) is 0 Å². The number of fused-ring (bicyclic) bond motifs is 4. The van der Waals surface area contributed by atoms with Crippen LogP contribution in [0, 0.1) is 0 Å². The molecule has 0 N–H and O–H groups in total. The van der Waals surface area contributed by atoms with Crippen molar-refractivity contribution in [2.45, 2.75) is 0 Å². The van der Waals surface area contributed by atoms with Gasteiger partial charge in [0, 0.05) is 0 Å². The quantitative estimate of drug-likeness (QED) is 0.209. The molecule has 0 atom stereocenters. The molecule has 8 aromatic rings. The summed E-state index contributed by atoms with van der Waals surface area (Å²) in [7, 11) is 0. The van der Waals surface area contributed by atoms with Crippen LogP contribution in [0.1, 0.15) is 0 Å². The fourth-order valence-electron chi connectivity index (χ4n) is 6.30. The van der Waals surface area contributed by atoms with Crippen LogP contribution in [-0.4, -0.2) is 0 Å². The summed E-state index contributed by atoms with van der Waals surface area (Å²) < 4.78 is 0. The van der Waals surface area contributed by atoms with Gasteiger partial charge in [0.05, 0.1) is 0 Å². The van der Waals surface area contributed by atoms with E-state index < -0.39 is 0 Å². The van der Waals surface area contributed by atoms with Gasteiger partial charge in [-0.3, -0.25) is 0 Å². The van der Waals surface area contributed by atoms with Crippen molar-refractivity contribution in [1.82, 2.24) is 0 Å². The Balaban J connectivity index is 1.60. The maximum Gasteiger partial charge on any atom is -0.00141 e. The molecule has 0 fully saturated rings. The van der Waals surface area contributed by atoms with Gasteiger partial charge in [0.2, 0.25) is 0 Å². The zero-order valence-corrected chi connectivity index (χ0v) is 22.0. The van der Waals surface area contributed by atoms with Crippen LogP contribution in [0.4, 0.5) is 0 Å². The van der Waals surface area contributed by atoms with E-state index in [0.29, 0.717) is 0 Å². The minimum atomic E-state index is 1.22. The molecule has 0 aliphatic carbocycles. The van der Waals surface area contributed by atoms with E-state index in [4.69, 9.17) is 0 Å². The maximum absolute atomic E-state index is 2.40. The van der Waals surface area contributed by atoms with Gasteiger partial charge in [0.25, 0.3) is 0 Å². The van der Waals surface area contributed by atoms with Crippen molar-refractivity contribution in [3.8, 4) is 33.4 Å². The molecule has 0 heteroatoms. The van der Waals surface area contributed by atoms with Crippen LogP contribution in [0.15, 0.2) is 158 Å². The van der Waals surface area contributed by atoms with Crippen molar-refractivity contribution in [1.29, 1.82) is 0 Å². The van der Waals surface area contributed by atoms with Crippen LogP contribution in [-0.2, 0) is 0 Å². The second-order valence-electron chi connectivity index (χ2n) is 10.5. The van der Waals surface area contributed by atoms with Gasteiger partial charge in [-0.25, -0.2) is 0 Å². The lowest BCUT2D eigenvalue weighted by Gasteiger charge is -2.21. The third-order valence-electron chi connectivity index (χ3n) is 8.19. The number of rotatable bonds is 3. The predicted octanol–water partition coefficient (Wildman–Crippen LogP) is 11.3. The Morgan fingerprint density at radius 3 is 1.68 bits per heavy atom. The lowest BCUT2D eigenvalue weighted by atomic mass is 9.81. The molecule has 0 bridgehead atoms. The van der Waals surface area contributed by atoms with Gasteiger partial charge < -0.3 is 0 Å². The number of hydrogen-bond acceptors (Lipinski definition) is 0. The molecule has 0 spiro atoms. The summed E-state index contributed by atoms with van der Waals surface area (Å²) in [6.07, 6.45) is 0. The van der Waals surface area contributed by atoms with Gasteiger partial charge >= 0.3 is 0 Å². The van der Waals surface area contributed by atoms with E-state index in [0.717, 1.165) is 0 Å². The summed E-state index contributed by atoms with van der Waals surface area (Å²) in [5, 5.41) is 10.1. The molecule has 8 rings (SSSR count). The molecule has 0 aromatic heterocycles. The average Bonchev–Trinajstić information content (AvgIpc) is 3.03. The normalized spacial score (nSPS) is 11.5. The first-order valence-corrected chi connectivity index (χ1v) is 13.9. The number of hydrogen-bond donors (Lipinski definition) is 0. The third kappa shape index (κ3) is 3.69. The van der Waals surface area contributed by atoms with Gasteiger partial charge in [-0.1, -0.05) is 133 Å². The average molecular weight is 507 g/mol. The van der Waals surface area contributed by atoms with Crippen molar-refractivity contribution in [3.05, 3.63) is 158 Å². The smallest absolute Gasteiger partial charge is 0.00141 e. The molecule has 0 unspecified atom stereocenters. The summed E-state index contributed by atoms with van der Waals surface area (Å²) in [6.45, 7) is 0. The van der Waals surface area contributed by atoms with Crippen molar-refractivity contribution in [2.24, 2.45) is 0 Å². The van der Waals surface area contributed by atoms with Gasteiger partial charge in [-0.15, -0.1) is 0 Å². The number of benzene rings is 8. The minimum Gasteiger partial charge on any atom is -0.0622 e. The first-order valence-electron chi connectivity index (χ1n) is 13.9. The van der Waals surface area contributed by atoms with E-state index in [-0.39, 0.29) is 0 Å². The van der Waals surface area contributed by atoms with Crippen LogP contribution in [0.25, 0.3) is 76.5 Å². The van der Waals surface area contributed by atoms with Crippen LogP contribution in [0.2, 0.25) is 0 Å². The van der Waals surface area contributed by atoms with Crippen LogP contribution >= 0.6 is 0 Å². The lowest BCUT2D eigenvalue weighted by molar-refractivity contribution is 1.61. The Morgan fingerprint density at radius 1 is 0.250 bits per heavy atom. The lowest BCUT2D eigenvalue weighted by Crippen LogP contribution is -1.94. The Labute approximate surface area is 233 Å². The molecule has 0 saturated heterocycles. The first kappa shape index (κ1) is 22.8. The minimum absolute atomic E-state index is 1.22. The van der Waals surface area contributed by atoms with E-state index in [1.165, 1.54) is 76.5 Å². The van der Waals surface area contributed by atoms with E-state index in [2.05, 4.69) is 158 Å². The largest absolute Gasteiger partial charge is 0.0622 e. The highest BCUT2D eigenvalue weighted by molar-refractivity contribution is 6.16. The Kier molecular flexibility index (Phi) is 5.24. The molecule has 0 radical (unpaired) electrons. The van der Waals surface area contributed by atoms with Crippen LogP contribution < -0.4 is 0 Å². The second-order valence-corrected chi connectivity index (χ2v) is 10.5. The molecule has 0 heterocycles. The Bertz CT molecular complexity index is 2200. The third-order valence-corrected chi connectivity index (χ3v) is 8.19. The highest BCUT2D eigenvalue weighted by Gasteiger charge is 2.20. The van der Waals surface area contributed by atoms with Crippen molar-refractivity contribution in [3.63, 3.8) is 0 Å². The highest BCUT2D eigenvalue weighted by Crippen LogP contribution is 2.47. The fourth-order valence-corrected chi connectivity index (χ4v) is 6.30. The van der Waals surface area contributed by atoms with Crippen molar-refractivity contribution < 1.29 is 0 Å². The molecule has 0 amide bonds. The molecule has 0 aliphatic heterocycles. The first-order chi connectivity index (χ1) is 19.8. The Hall–Kier alpha value is -5.20. The summed E-state index contributed by atoms with van der Waals surface area (Å²) in [6, 6.07) is 57.7. The molecule has 0 saturated carbocycles. The van der Waals surface area contributed by atoms with Crippen molar-refractivity contribution >= 4 is 43.1 Å². The molecule has 0 aliphatic rings. The van der Waals surface area contributed by atoms with Gasteiger partial charge in [0.15, 0.2) is 0 Å². The van der Waals surface area contributed by atoms with Gasteiger partial charge in [0.1, 0.15) is 0 Å². The molecule has 0 nitrogen and oxygen atoms in total. The Morgan fingerprint density at radius 2 is 0.875 bits per heavy atom. The summed E-state index contributed by atoms with van der Waals surface area (Å²) >= 11 is 0. The summed E-state index contributed by atoms with van der Waals surface area (Å²) in [5.74, 6) is 0. The monoisotopic (exact) mass is 506 g/mol. The summed E-state index contributed by atoms with van der Waals surface area (Å²) in [5.41, 5.74) is 7.53. The second kappa shape index (κ2) is 9.22.